The summed E-state index contributed by atoms with van der Waals surface area (Å²) < 4.78 is 0. The first-order chi connectivity index (χ1) is 1.91. The number of hydrogen-bond donors (Lipinski definition) is 1. The molecule has 3 heteroatoms. The second-order valence-electron chi connectivity index (χ2n) is 0.487. The summed E-state index contributed by atoms with van der Waals surface area (Å²) in [7, 11) is 0. The van der Waals surface area contributed by atoms with Gasteiger partial charge in [0.25, 0.3) is 0 Å². The van der Waals surface area contributed by atoms with Crippen LogP contribution in [0, 0.1) is 0 Å². The van der Waals surface area contributed by atoms with E-state index in [-0.39, 0.29) is 12.4 Å². The molecule has 0 aliphatic carbocycles. The van der Waals surface area contributed by atoms with Crippen molar-refractivity contribution >= 4 is 24.2 Å². The summed E-state index contributed by atoms with van der Waals surface area (Å²) in [6.45, 7) is 2.77. The summed E-state index contributed by atoms with van der Waals surface area (Å²) in [4.78, 5) is 2.40. The van der Waals surface area contributed by atoms with Crippen molar-refractivity contribution in [2.24, 2.45) is 0 Å². The van der Waals surface area contributed by atoms with Gasteiger partial charge in [-0.1, -0.05) is 6.92 Å². The van der Waals surface area contributed by atoms with Gasteiger partial charge in [0.1, 0.15) is 0 Å². The van der Waals surface area contributed by atoms with Crippen molar-refractivity contribution in [1.82, 2.24) is 4.84 Å². The molecule has 5 heavy (non-hydrogen) atoms. The highest BCUT2D eigenvalue weighted by Gasteiger charge is 1.53. The Morgan fingerprint density at radius 3 is 2.00 bits per heavy atom. The minimum atomic E-state index is 0. The fourth-order valence-corrected chi connectivity index (χ4v) is 0. The molecule has 0 aliphatic rings. The Labute approximate surface area is 43.2 Å². The molecule has 1 nitrogen and oxygen atoms in total. The van der Waals surface area contributed by atoms with Crippen LogP contribution in [-0.2, 0) is 0 Å². The number of halogens is 2. The van der Waals surface area contributed by atoms with Crippen LogP contribution in [0.15, 0.2) is 0 Å². The third-order valence-electron chi connectivity index (χ3n) is 0.134. The van der Waals surface area contributed by atoms with Crippen molar-refractivity contribution in [2.45, 2.75) is 6.92 Å². The molecule has 0 saturated heterocycles. The van der Waals surface area contributed by atoms with Crippen LogP contribution in [0.25, 0.3) is 0 Å². The molecule has 0 saturated carbocycles. The van der Waals surface area contributed by atoms with E-state index in [9.17, 15) is 0 Å². The summed E-state index contributed by atoms with van der Waals surface area (Å²) in [5.41, 5.74) is 0. The Bertz CT molecular complexity index is 9.61. The van der Waals surface area contributed by atoms with Gasteiger partial charge < -0.3 is 0 Å². The number of hydrogen-bond acceptors (Lipinski definition) is 1. The topological polar surface area (TPSA) is 12.0 Å². The van der Waals surface area contributed by atoms with Crippen LogP contribution < -0.4 is 4.84 Å². The lowest BCUT2D eigenvalue weighted by Gasteiger charge is -1.72. The Hall–Kier alpha value is 0.540. The quantitative estimate of drug-likeness (QED) is 0.507. The van der Waals surface area contributed by atoms with Crippen molar-refractivity contribution in [2.75, 3.05) is 6.54 Å². The zero-order valence-electron chi connectivity index (χ0n) is 2.99. The molecule has 0 amide bonds. The SMILES string of the molecule is CCNCl.Cl. The van der Waals surface area contributed by atoms with Crippen LogP contribution in [0.1, 0.15) is 6.92 Å². The molecule has 0 bridgehead atoms. The monoisotopic (exact) mass is 115 g/mol. The van der Waals surface area contributed by atoms with Gasteiger partial charge in [-0.15, -0.1) is 12.4 Å². The average molecular weight is 116 g/mol. The Morgan fingerprint density at radius 1 is 1.80 bits per heavy atom. The van der Waals surface area contributed by atoms with Crippen molar-refractivity contribution < 1.29 is 0 Å². The van der Waals surface area contributed by atoms with Crippen LogP contribution >= 0.6 is 24.2 Å². The minimum absolute atomic E-state index is 0. The van der Waals surface area contributed by atoms with Gasteiger partial charge in [0.2, 0.25) is 0 Å². The molecule has 0 rings (SSSR count). The highest BCUT2D eigenvalue weighted by atomic mass is 35.5. The smallest absolute Gasteiger partial charge is 0.00793 e. The molecule has 0 aromatic heterocycles. The van der Waals surface area contributed by atoms with Gasteiger partial charge in [0, 0.05) is 6.54 Å². The molecule has 0 fully saturated rings. The first kappa shape index (κ1) is 9.11. The zero-order valence-corrected chi connectivity index (χ0v) is 4.57. The van der Waals surface area contributed by atoms with E-state index < -0.39 is 0 Å². The van der Waals surface area contributed by atoms with Gasteiger partial charge in [0.15, 0.2) is 0 Å². The van der Waals surface area contributed by atoms with Crippen molar-refractivity contribution in [3.63, 3.8) is 0 Å². The summed E-state index contributed by atoms with van der Waals surface area (Å²) >= 11 is 4.94. The predicted molar refractivity (Wildman–Crippen MR) is 26.8 cm³/mol. The molecule has 34 valence electrons. The Morgan fingerprint density at radius 2 is 2.00 bits per heavy atom. The first-order valence-corrected chi connectivity index (χ1v) is 1.63. The van der Waals surface area contributed by atoms with E-state index in [1.54, 1.807) is 0 Å². The molecule has 0 aromatic carbocycles. The average Bonchev–Trinajstić information content (AvgIpc) is 1.37. The zero-order chi connectivity index (χ0) is 3.41. The van der Waals surface area contributed by atoms with Crippen LogP contribution in [0.2, 0.25) is 0 Å². The largest absolute Gasteiger partial charge is 0.234 e. The maximum atomic E-state index is 4.94. The molecule has 0 spiro atoms. The third kappa shape index (κ3) is 12.4. The lowest BCUT2D eigenvalue weighted by molar-refractivity contribution is 1.02. The number of nitrogens with one attached hydrogen (secondary N) is 1. The van der Waals surface area contributed by atoms with E-state index in [1.165, 1.54) is 0 Å². The molecule has 1 N–H and O–H groups in total. The predicted octanol–water partition coefficient (Wildman–Crippen LogP) is 1.17. The van der Waals surface area contributed by atoms with E-state index in [0.717, 1.165) is 6.54 Å². The minimum Gasteiger partial charge on any atom is -0.234 e. The van der Waals surface area contributed by atoms with E-state index in [0.29, 0.717) is 0 Å². The van der Waals surface area contributed by atoms with Crippen LogP contribution in [0.4, 0.5) is 0 Å². The maximum absolute atomic E-state index is 4.94. The van der Waals surface area contributed by atoms with Crippen LogP contribution in [0.3, 0.4) is 0 Å². The first-order valence-electron chi connectivity index (χ1n) is 1.25. The molecule has 0 aliphatic heterocycles. The maximum Gasteiger partial charge on any atom is 0.00793 e. The standard InChI is InChI=1S/C2H6ClN.ClH/c1-2-4-3;/h4H,2H2,1H3;1H. The van der Waals surface area contributed by atoms with E-state index in [4.69, 9.17) is 11.8 Å². The van der Waals surface area contributed by atoms with Crippen molar-refractivity contribution in [1.29, 1.82) is 0 Å². The molecule has 0 atom stereocenters. The van der Waals surface area contributed by atoms with Crippen molar-refractivity contribution in [3.05, 3.63) is 0 Å². The number of rotatable bonds is 1. The van der Waals surface area contributed by atoms with Gasteiger partial charge in [-0.2, -0.15) is 0 Å². The second kappa shape index (κ2) is 8.82. The highest BCUT2D eigenvalue weighted by Crippen LogP contribution is 1.52. The molecular weight excluding hydrogens is 109 g/mol. The molecular formula is C2H7Cl2N. The van der Waals surface area contributed by atoms with Gasteiger partial charge in [-0.3, -0.25) is 0 Å². The molecule has 0 heterocycles. The lowest BCUT2D eigenvalue weighted by atomic mass is 10.8. The lowest BCUT2D eigenvalue weighted by Crippen LogP contribution is -1.91. The van der Waals surface area contributed by atoms with Gasteiger partial charge >= 0.3 is 0 Å². The van der Waals surface area contributed by atoms with Crippen LogP contribution in [-0.4, -0.2) is 6.54 Å². The molecule has 0 radical (unpaired) electrons. The summed E-state index contributed by atoms with van der Waals surface area (Å²) in [5, 5.41) is 0. The van der Waals surface area contributed by atoms with Crippen molar-refractivity contribution in [3.8, 4) is 0 Å². The van der Waals surface area contributed by atoms with Gasteiger partial charge in [0.05, 0.1) is 0 Å². The van der Waals surface area contributed by atoms with Gasteiger partial charge in [-0.25, -0.2) is 4.84 Å². The third-order valence-corrected chi connectivity index (χ3v) is 0.401. The van der Waals surface area contributed by atoms with Crippen LogP contribution in [0.5, 0.6) is 0 Å². The molecule has 0 unspecified atom stereocenters. The fraction of sp³-hybridized carbons (Fsp3) is 1.00. The Kier molecular flexibility index (Phi) is 16.1. The van der Waals surface area contributed by atoms with E-state index >= 15 is 0 Å². The highest BCUT2D eigenvalue weighted by molar-refractivity contribution is 6.13. The second-order valence-corrected chi connectivity index (χ2v) is 0.754. The summed E-state index contributed by atoms with van der Waals surface area (Å²) in [6.07, 6.45) is 0. The van der Waals surface area contributed by atoms with E-state index in [2.05, 4.69) is 4.84 Å². The fourth-order valence-electron chi connectivity index (χ4n) is 0. The van der Waals surface area contributed by atoms with Gasteiger partial charge in [-0.05, 0) is 11.8 Å². The molecule has 0 aromatic rings. The normalized spacial score (nSPS) is 6.00. The Balaban J connectivity index is 0. The summed E-state index contributed by atoms with van der Waals surface area (Å²) in [5.74, 6) is 0. The van der Waals surface area contributed by atoms with E-state index in [1.807, 2.05) is 6.92 Å². The summed E-state index contributed by atoms with van der Waals surface area (Å²) in [6, 6.07) is 0.